The van der Waals surface area contributed by atoms with Gasteiger partial charge < -0.3 is 14.8 Å². The lowest BCUT2D eigenvalue weighted by Crippen LogP contribution is -2.29. The first-order chi connectivity index (χ1) is 9.31. The molecular formula is C15H35NO3. The molecule has 0 aromatic carbocycles. The van der Waals surface area contributed by atoms with E-state index in [4.69, 9.17) is 9.47 Å². The average molecular weight is 277 g/mol. The number of hydrogen-bond acceptors (Lipinski definition) is 3. The van der Waals surface area contributed by atoms with E-state index in [2.05, 4.69) is 19.2 Å². The van der Waals surface area contributed by atoms with E-state index in [1.807, 2.05) is 13.8 Å². The van der Waals surface area contributed by atoms with Gasteiger partial charge in [0.1, 0.15) is 6.61 Å². The predicted molar refractivity (Wildman–Crippen MR) is 82.5 cm³/mol. The summed E-state index contributed by atoms with van der Waals surface area (Å²) in [6, 6.07) is 0. The first-order valence-electron chi connectivity index (χ1n) is 7.73. The Kier molecular flexibility index (Phi) is 21.5. The van der Waals surface area contributed by atoms with Gasteiger partial charge in [-0.3, -0.25) is 4.79 Å². The Hall–Kier alpha value is -0.610. The molecule has 0 radical (unpaired) electrons. The molecule has 0 unspecified atom stereocenters. The molecule has 0 aliphatic rings. The summed E-state index contributed by atoms with van der Waals surface area (Å²) >= 11 is 0. The lowest BCUT2D eigenvalue weighted by molar-refractivity contribution is -0.126. The molecule has 4 nitrogen and oxygen atoms in total. The van der Waals surface area contributed by atoms with E-state index < -0.39 is 0 Å². The zero-order chi connectivity index (χ0) is 14.8. The highest BCUT2D eigenvalue weighted by atomic mass is 16.5. The highest BCUT2D eigenvalue weighted by molar-refractivity contribution is 5.77. The Balaban J connectivity index is -0.000000916. The van der Waals surface area contributed by atoms with Gasteiger partial charge in [0.15, 0.2) is 0 Å². The highest BCUT2D eigenvalue weighted by Crippen LogP contribution is 1.91. The SMILES string of the molecule is CC.CCCCCNC(=O)COCCOCCCC.[HH]. The third-order valence-electron chi connectivity index (χ3n) is 2.35. The smallest absolute Gasteiger partial charge is 0.245 e. The van der Waals surface area contributed by atoms with Crippen LogP contribution in [0.3, 0.4) is 0 Å². The van der Waals surface area contributed by atoms with Gasteiger partial charge in [0.2, 0.25) is 5.91 Å². The Labute approximate surface area is 120 Å². The van der Waals surface area contributed by atoms with Gasteiger partial charge in [-0.1, -0.05) is 47.0 Å². The van der Waals surface area contributed by atoms with Gasteiger partial charge in [-0.05, 0) is 12.8 Å². The van der Waals surface area contributed by atoms with Crippen LogP contribution >= 0.6 is 0 Å². The fourth-order valence-corrected chi connectivity index (χ4v) is 1.29. The highest BCUT2D eigenvalue weighted by Gasteiger charge is 1.99. The van der Waals surface area contributed by atoms with E-state index in [9.17, 15) is 4.79 Å². The summed E-state index contributed by atoms with van der Waals surface area (Å²) in [6.07, 6.45) is 5.59. The van der Waals surface area contributed by atoms with Crippen LogP contribution < -0.4 is 5.32 Å². The number of rotatable bonds is 12. The molecule has 1 amide bonds. The lowest BCUT2D eigenvalue weighted by Gasteiger charge is -2.06. The molecule has 0 saturated heterocycles. The second kappa shape index (κ2) is 19.7. The summed E-state index contributed by atoms with van der Waals surface area (Å²) in [5, 5.41) is 2.82. The van der Waals surface area contributed by atoms with E-state index in [0.717, 1.165) is 38.8 Å². The molecule has 0 aromatic rings. The van der Waals surface area contributed by atoms with Gasteiger partial charge in [-0.2, -0.15) is 0 Å². The van der Waals surface area contributed by atoms with Crippen LogP contribution in [0.4, 0.5) is 0 Å². The van der Waals surface area contributed by atoms with E-state index in [-0.39, 0.29) is 13.9 Å². The molecule has 0 aromatic heterocycles. The van der Waals surface area contributed by atoms with Crippen molar-refractivity contribution in [3.05, 3.63) is 0 Å². The molecular weight excluding hydrogens is 242 g/mol. The molecule has 19 heavy (non-hydrogen) atoms. The summed E-state index contributed by atoms with van der Waals surface area (Å²) in [5.41, 5.74) is 0. The molecule has 0 heterocycles. The Morgan fingerprint density at radius 1 is 0.947 bits per heavy atom. The number of nitrogens with one attached hydrogen (secondary N) is 1. The van der Waals surface area contributed by atoms with Crippen molar-refractivity contribution in [2.75, 3.05) is 33.0 Å². The van der Waals surface area contributed by atoms with Gasteiger partial charge in [0, 0.05) is 14.6 Å². The minimum Gasteiger partial charge on any atom is -0.379 e. The van der Waals surface area contributed by atoms with Gasteiger partial charge in [0.05, 0.1) is 13.2 Å². The van der Waals surface area contributed by atoms with E-state index >= 15 is 0 Å². The lowest BCUT2D eigenvalue weighted by atomic mass is 10.2. The summed E-state index contributed by atoms with van der Waals surface area (Å²) in [4.78, 5) is 11.3. The van der Waals surface area contributed by atoms with Gasteiger partial charge in [-0.25, -0.2) is 0 Å². The summed E-state index contributed by atoms with van der Waals surface area (Å²) in [5.74, 6) is -0.0327. The van der Waals surface area contributed by atoms with Crippen molar-refractivity contribution >= 4 is 5.91 Å². The van der Waals surface area contributed by atoms with Crippen LogP contribution in [-0.2, 0) is 14.3 Å². The van der Waals surface area contributed by atoms with Crippen LogP contribution in [0.15, 0.2) is 0 Å². The largest absolute Gasteiger partial charge is 0.379 e. The van der Waals surface area contributed by atoms with E-state index in [0.29, 0.717) is 13.2 Å². The third-order valence-corrected chi connectivity index (χ3v) is 2.35. The Bertz CT molecular complexity index is 181. The van der Waals surface area contributed by atoms with Crippen molar-refractivity contribution in [2.45, 2.75) is 59.8 Å². The number of carbonyl (C=O) groups is 1. The molecule has 4 heteroatoms. The van der Waals surface area contributed by atoms with Gasteiger partial charge in [-0.15, -0.1) is 0 Å². The molecule has 0 spiro atoms. The van der Waals surface area contributed by atoms with Crippen molar-refractivity contribution in [3.8, 4) is 0 Å². The summed E-state index contributed by atoms with van der Waals surface area (Å²) in [7, 11) is 0. The number of amides is 1. The molecule has 0 aliphatic carbocycles. The first kappa shape index (κ1) is 20.7. The maximum atomic E-state index is 11.3. The third kappa shape index (κ3) is 19.9. The van der Waals surface area contributed by atoms with E-state index in [1.165, 1.54) is 6.42 Å². The van der Waals surface area contributed by atoms with Crippen LogP contribution in [0, 0.1) is 0 Å². The van der Waals surface area contributed by atoms with Crippen LogP contribution in [0.2, 0.25) is 0 Å². The molecule has 0 atom stereocenters. The van der Waals surface area contributed by atoms with Crippen LogP contribution in [0.5, 0.6) is 0 Å². The van der Waals surface area contributed by atoms with Crippen LogP contribution in [0.1, 0.15) is 61.2 Å². The van der Waals surface area contributed by atoms with E-state index in [1.54, 1.807) is 0 Å². The monoisotopic (exact) mass is 277 g/mol. The second-order valence-electron chi connectivity index (χ2n) is 4.08. The quantitative estimate of drug-likeness (QED) is 0.556. The summed E-state index contributed by atoms with van der Waals surface area (Å²) < 4.78 is 10.5. The molecule has 0 aliphatic heterocycles. The maximum Gasteiger partial charge on any atom is 0.245 e. The minimum absolute atomic E-state index is 0. The normalized spacial score (nSPS) is 9.68. The molecule has 0 fully saturated rings. The molecule has 1 N–H and O–H groups in total. The van der Waals surface area contributed by atoms with Crippen molar-refractivity contribution in [1.82, 2.24) is 5.32 Å². The second-order valence-corrected chi connectivity index (χ2v) is 4.08. The molecule has 118 valence electrons. The fraction of sp³-hybridized carbons (Fsp3) is 0.933. The Morgan fingerprint density at radius 2 is 1.58 bits per heavy atom. The zero-order valence-corrected chi connectivity index (χ0v) is 13.3. The van der Waals surface area contributed by atoms with Gasteiger partial charge >= 0.3 is 0 Å². The first-order valence-corrected chi connectivity index (χ1v) is 7.73. The van der Waals surface area contributed by atoms with Crippen molar-refractivity contribution in [3.63, 3.8) is 0 Å². The molecule has 0 saturated carbocycles. The average Bonchev–Trinajstić information content (AvgIpc) is 2.45. The van der Waals surface area contributed by atoms with Crippen molar-refractivity contribution in [1.29, 1.82) is 0 Å². The van der Waals surface area contributed by atoms with Gasteiger partial charge in [0.25, 0.3) is 0 Å². The molecule has 0 bridgehead atoms. The number of unbranched alkanes of at least 4 members (excludes halogenated alkanes) is 3. The van der Waals surface area contributed by atoms with Crippen molar-refractivity contribution < 1.29 is 15.7 Å². The number of hydrogen-bond donors (Lipinski definition) is 1. The number of carbonyl (C=O) groups excluding carboxylic acids is 1. The number of ether oxygens (including phenoxy) is 2. The van der Waals surface area contributed by atoms with Crippen molar-refractivity contribution in [2.24, 2.45) is 0 Å². The Morgan fingerprint density at radius 3 is 2.21 bits per heavy atom. The maximum absolute atomic E-state index is 11.3. The topological polar surface area (TPSA) is 47.6 Å². The molecule has 0 rings (SSSR count). The minimum atomic E-state index is -0.0327. The zero-order valence-electron chi connectivity index (χ0n) is 13.3. The van der Waals surface area contributed by atoms with Crippen LogP contribution in [-0.4, -0.2) is 38.9 Å². The standard InChI is InChI=1S/C13H27NO3.C2H6.H2/c1-3-5-7-8-14-13(15)12-17-11-10-16-9-6-4-2;1-2;/h3-12H2,1-2H3,(H,14,15);1-2H3;1H. The predicted octanol–water partition coefficient (Wildman–Crippen LogP) is 3.40. The summed E-state index contributed by atoms with van der Waals surface area (Å²) in [6.45, 7) is 11.0. The van der Waals surface area contributed by atoms with Crippen LogP contribution in [0.25, 0.3) is 0 Å². The fourth-order valence-electron chi connectivity index (χ4n) is 1.29.